The number of rotatable bonds is 9. The van der Waals surface area contributed by atoms with Crippen LogP contribution in [0.5, 0.6) is 0 Å². The minimum atomic E-state index is -1.44. The lowest BCUT2D eigenvalue weighted by molar-refractivity contribution is -0.880. The van der Waals surface area contributed by atoms with Gasteiger partial charge in [-0.15, -0.1) is 0 Å². The van der Waals surface area contributed by atoms with Crippen LogP contribution >= 0.6 is 0 Å². The number of carboxylic acid groups (broad SMARTS) is 2. The Bertz CT molecular complexity index is 329. The predicted molar refractivity (Wildman–Crippen MR) is 108 cm³/mol. The molecule has 0 bridgehead atoms. The highest BCUT2D eigenvalue weighted by Crippen LogP contribution is 1.84. The van der Waals surface area contributed by atoms with Gasteiger partial charge in [-0.05, 0) is 33.6 Å². The molecule has 0 spiro atoms. The van der Waals surface area contributed by atoms with Crippen LogP contribution in [0.2, 0.25) is 0 Å². The topological polar surface area (TPSA) is 125 Å². The van der Waals surface area contributed by atoms with Crippen LogP contribution in [-0.2, 0) is 9.59 Å². The molecular weight excluding hydrogens is 364 g/mol. The van der Waals surface area contributed by atoms with Crippen molar-refractivity contribution in [3.05, 3.63) is 0 Å². The molecule has 0 aliphatic rings. The van der Waals surface area contributed by atoms with E-state index in [9.17, 15) is 19.8 Å². The number of carbonyl (C=O) groups is 2. The first-order valence-electron chi connectivity index (χ1n) is 10.1. The van der Waals surface area contributed by atoms with Crippen molar-refractivity contribution in [3.63, 3.8) is 0 Å². The average Bonchev–Trinajstić information content (AvgIpc) is 2.58. The molecule has 0 saturated heterocycles. The Balaban J connectivity index is -0.000000142. The summed E-state index contributed by atoms with van der Waals surface area (Å²) in [6.07, 6.45) is 2.76. The van der Waals surface area contributed by atoms with E-state index in [1.54, 1.807) is 4.90 Å². The van der Waals surface area contributed by atoms with E-state index in [0.29, 0.717) is 0 Å². The molecule has 0 aromatic carbocycles. The number of unbranched alkanes of at least 4 members (excludes halogenated alkanes) is 2. The fraction of sp³-hybridized carbons (Fsp3) is 0.900. The van der Waals surface area contributed by atoms with E-state index in [1.807, 2.05) is 0 Å². The van der Waals surface area contributed by atoms with Gasteiger partial charge in [-0.2, -0.15) is 0 Å². The lowest BCUT2D eigenvalue weighted by Crippen LogP contribution is -3.08. The third-order valence-corrected chi connectivity index (χ3v) is 3.55. The fourth-order valence-corrected chi connectivity index (χ4v) is 1.08. The van der Waals surface area contributed by atoms with E-state index in [2.05, 4.69) is 49.0 Å². The molecule has 0 aromatic rings. The van der Waals surface area contributed by atoms with E-state index in [1.165, 1.54) is 45.3 Å². The summed E-state index contributed by atoms with van der Waals surface area (Å²) in [7, 11) is 8.84. The summed E-state index contributed by atoms with van der Waals surface area (Å²) in [5.41, 5.74) is 0. The van der Waals surface area contributed by atoms with Crippen LogP contribution in [0.1, 0.15) is 60.3 Å². The van der Waals surface area contributed by atoms with Gasteiger partial charge in [-0.25, -0.2) is 0 Å². The predicted octanol–water partition coefficient (Wildman–Crippen LogP) is -1.95. The Hall–Kier alpha value is -1.22. The Labute approximate surface area is 172 Å². The average molecular weight is 411 g/mol. The maximum Gasteiger partial charge on any atom is 0.0905 e. The number of aliphatic carboxylic acids is 2. The zero-order valence-corrected chi connectivity index (χ0v) is 19.6. The molecule has 0 aliphatic carbocycles. The molecule has 2 atom stereocenters. The molecule has 3 N–H and O–H groups in total. The van der Waals surface area contributed by atoms with Gasteiger partial charge in [0.15, 0.2) is 0 Å². The molecule has 28 heavy (non-hydrogen) atoms. The number of aliphatic hydroxyl groups is 2. The van der Waals surface area contributed by atoms with Gasteiger partial charge >= 0.3 is 0 Å². The molecule has 172 valence electrons. The molecule has 0 saturated carbocycles. The van der Waals surface area contributed by atoms with Crippen LogP contribution in [0.4, 0.5) is 0 Å². The lowest BCUT2D eigenvalue weighted by atomic mass is 10.3. The Kier molecular flexibility index (Phi) is 27.0. The Morgan fingerprint density at radius 1 is 0.857 bits per heavy atom. The Morgan fingerprint density at radius 3 is 1.18 bits per heavy atom. The number of carbonyl (C=O) groups excluding carboxylic acids is 2. The number of hydrogen-bond acceptors (Lipinski definition) is 6. The number of nitrogens with zero attached hydrogens (tertiary/aromatic N) is 1. The molecule has 8 heteroatoms. The summed E-state index contributed by atoms with van der Waals surface area (Å²) in [5.74, 6) is -2.87. The highest BCUT2D eigenvalue weighted by molar-refractivity contribution is 5.69. The first-order chi connectivity index (χ1) is 12.7. The third-order valence-electron chi connectivity index (χ3n) is 3.55. The van der Waals surface area contributed by atoms with E-state index in [-0.39, 0.29) is 0 Å². The maximum absolute atomic E-state index is 9.34. The molecule has 2 unspecified atom stereocenters. The van der Waals surface area contributed by atoms with E-state index < -0.39 is 24.1 Å². The van der Waals surface area contributed by atoms with Crippen LogP contribution in [-0.4, -0.2) is 86.7 Å². The molecule has 0 aliphatic heterocycles. The summed E-state index contributed by atoms with van der Waals surface area (Å²) in [6, 6.07) is 0. The van der Waals surface area contributed by atoms with Crippen molar-refractivity contribution in [3.8, 4) is 0 Å². The van der Waals surface area contributed by atoms with Crippen molar-refractivity contribution >= 4 is 11.9 Å². The van der Waals surface area contributed by atoms with Gasteiger partial charge in [0, 0.05) is 0 Å². The number of nitrogens with one attached hydrogen (secondary N) is 1. The second-order valence-corrected chi connectivity index (χ2v) is 7.76. The molecule has 0 amide bonds. The highest BCUT2D eigenvalue weighted by atomic mass is 16.4. The van der Waals surface area contributed by atoms with Crippen LogP contribution < -0.4 is 15.1 Å². The quantitative estimate of drug-likeness (QED) is 0.379. The maximum atomic E-state index is 9.34. The minimum Gasteiger partial charge on any atom is -0.547 e. The first-order valence-corrected chi connectivity index (χ1v) is 10.1. The molecule has 0 radical (unpaired) electrons. The van der Waals surface area contributed by atoms with Crippen LogP contribution in [0.3, 0.4) is 0 Å². The molecular formula is C20H46N2O6. The number of hydrogen-bond donors (Lipinski definition) is 3. The van der Waals surface area contributed by atoms with Crippen molar-refractivity contribution in [2.75, 3.05) is 47.8 Å². The van der Waals surface area contributed by atoms with Gasteiger partial charge in [-0.1, -0.05) is 26.7 Å². The van der Waals surface area contributed by atoms with Gasteiger partial charge in [-0.3, -0.25) is 0 Å². The van der Waals surface area contributed by atoms with Gasteiger partial charge in [0.1, 0.15) is 0 Å². The summed E-state index contributed by atoms with van der Waals surface area (Å²) in [5, 5.41) is 34.6. The smallest absolute Gasteiger partial charge is 0.0905 e. The van der Waals surface area contributed by atoms with Crippen molar-refractivity contribution in [1.82, 2.24) is 0 Å². The summed E-state index contributed by atoms with van der Waals surface area (Å²) >= 11 is 0. The van der Waals surface area contributed by atoms with Crippen molar-refractivity contribution in [1.29, 1.82) is 0 Å². The minimum absolute atomic E-state index is 1.07. The SMILES string of the molecule is CC(O)C(=O)[O-].CC(O)C(=O)[O-].CCCC[NH+](C)CCCC.CC[N+](C)(C)C. The zero-order valence-electron chi connectivity index (χ0n) is 19.6. The van der Waals surface area contributed by atoms with E-state index in [4.69, 9.17) is 10.2 Å². The lowest BCUT2D eigenvalue weighted by Gasteiger charge is -2.20. The second-order valence-electron chi connectivity index (χ2n) is 7.76. The van der Waals surface area contributed by atoms with E-state index >= 15 is 0 Å². The van der Waals surface area contributed by atoms with Crippen molar-refractivity contribution in [2.24, 2.45) is 0 Å². The Morgan fingerprint density at radius 2 is 1.07 bits per heavy atom. The fourth-order valence-electron chi connectivity index (χ4n) is 1.08. The summed E-state index contributed by atoms with van der Waals surface area (Å²) in [6.45, 7) is 12.9. The third kappa shape index (κ3) is 44.3. The van der Waals surface area contributed by atoms with E-state index in [0.717, 1.165) is 18.3 Å². The molecule has 8 nitrogen and oxygen atoms in total. The van der Waals surface area contributed by atoms with Gasteiger partial charge in [0.05, 0.1) is 72.0 Å². The normalized spacial score (nSPS) is 12.3. The van der Waals surface area contributed by atoms with Crippen molar-refractivity contribution in [2.45, 2.75) is 72.5 Å². The highest BCUT2D eigenvalue weighted by Gasteiger charge is 1.98. The van der Waals surface area contributed by atoms with Gasteiger partial charge in [0.25, 0.3) is 0 Å². The van der Waals surface area contributed by atoms with Crippen LogP contribution in [0.25, 0.3) is 0 Å². The van der Waals surface area contributed by atoms with Gasteiger partial charge < -0.3 is 39.4 Å². The molecule has 0 aromatic heterocycles. The molecule has 0 rings (SSSR count). The zero-order chi connectivity index (χ0) is 23.3. The van der Waals surface area contributed by atoms with Crippen LogP contribution in [0, 0.1) is 0 Å². The molecule has 0 fully saturated rings. The number of carboxylic acids is 2. The first kappa shape index (κ1) is 34.3. The van der Waals surface area contributed by atoms with Gasteiger partial charge in [0.2, 0.25) is 0 Å². The van der Waals surface area contributed by atoms with Crippen molar-refractivity contribution < 1.29 is 39.4 Å². The summed E-state index contributed by atoms with van der Waals surface area (Å²) in [4.78, 5) is 20.4. The van der Waals surface area contributed by atoms with Crippen LogP contribution in [0.15, 0.2) is 0 Å². The molecule has 0 heterocycles. The monoisotopic (exact) mass is 410 g/mol. The summed E-state index contributed by atoms with van der Waals surface area (Å²) < 4.78 is 1.07. The number of quaternary nitrogens is 2. The largest absolute Gasteiger partial charge is 0.547 e. The second kappa shape index (κ2) is 22.1. The standard InChI is InChI=1S/C9H21N.C5H14N.2C3H6O3/c1-4-6-8-10(3)9-7-5-2;1-5-6(2,3)4;2*1-2(4)3(5)6/h4-9H2,1-3H3;5H2,1-4H3;2*2,4H,1H3,(H,5,6)/q;+1;;/p-1. The number of aliphatic hydroxyl groups excluding tert-OH is 2.